The number of hydrogen-bond acceptors (Lipinski definition) is 7. The number of benzene rings is 1. The van der Waals surface area contributed by atoms with Gasteiger partial charge < -0.3 is 35.2 Å². The van der Waals surface area contributed by atoms with Gasteiger partial charge in [-0.3, -0.25) is 4.79 Å². The lowest BCUT2D eigenvalue weighted by Gasteiger charge is -2.27. The number of nitrogens with one attached hydrogen (secondary N) is 3. The molecule has 1 aromatic carbocycles. The van der Waals surface area contributed by atoms with Crippen molar-refractivity contribution in [3.8, 4) is 5.06 Å². The van der Waals surface area contributed by atoms with Gasteiger partial charge in [0, 0.05) is 38.4 Å². The van der Waals surface area contributed by atoms with Crippen LogP contribution >= 0.6 is 22.9 Å². The van der Waals surface area contributed by atoms with Crippen LogP contribution in [-0.4, -0.2) is 86.9 Å². The number of rotatable bonds is 7. The van der Waals surface area contributed by atoms with Gasteiger partial charge in [-0.05, 0) is 61.7 Å². The molecule has 1 aromatic heterocycles. The first-order valence-electron chi connectivity index (χ1n) is 12.3. The molecule has 0 bridgehead atoms. The number of fused-ring (bicyclic) bond motifs is 1. The Bertz CT molecular complexity index is 1110. The fraction of sp³-hybridized carbons (Fsp3) is 0.480. The summed E-state index contributed by atoms with van der Waals surface area (Å²) in [6.45, 7) is 4.16. The first-order valence-corrected chi connectivity index (χ1v) is 13.5. The first-order chi connectivity index (χ1) is 17.9. The molecule has 0 aliphatic carbocycles. The highest BCUT2D eigenvalue weighted by Crippen LogP contribution is 2.28. The van der Waals surface area contributed by atoms with Crippen molar-refractivity contribution in [1.82, 2.24) is 20.4 Å². The van der Waals surface area contributed by atoms with E-state index in [-0.39, 0.29) is 19.0 Å². The van der Waals surface area contributed by atoms with Gasteiger partial charge >= 0.3 is 12.1 Å². The van der Waals surface area contributed by atoms with Crippen LogP contribution in [0.15, 0.2) is 30.3 Å². The van der Waals surface area contributed by atoms with Crippen molar-refractivity contribution in [3.63, 3.8) is 0 Å². The number of likely N-dealkylation sites (N-methyl/N-ethyl adjacent to an activating group) is 1. The molecule has 2 aliphatic rings. The van der Waals surface area contributed by atoms with E-state index >= 15 is 0 Å². The molecule has 0 radical (unpaired) electrons. The third-order valence-corrected chi connectivity index (χ3v) is 7.47. The van der Waals surface area contributed by atoms with E-state index in [4.69, 9.17) is 21.1 Å². The maximum atomic E-state index is 13.2. The Balaban J connectivity index is 1.38. The highest BCUT2D eigenvalue weighted by atomic mass is 35.5. The number of halogens is 1. The van der Waals surface area contributed by atoms with Crippen molar-refractivity contribution in [3.05, 3.63) is 45.8 Å². The average molecular weight is 550 g/mol. The minimum absolute atomic E-state index is 0.179. The largest absolute Gasteiger partial charge is 0.414 e. The normalized spacial score (nSPS) is 16.8. The zero-order chi connectivity index (χ0) is 26.2. The maximum absolute atomic E-state index is 13.2. The van der Waals surface area contributed by atoms with Crippen molar-refractivity contribution in [1.29, 1.82) is 0 Å². The quantitative estimate of drug-likeness (QED) is 0.489. The van der Waals surface area contributed by atoms with Gasteiger partial charge in [0.25, 0.3) is 0 Å². The lowest BCUT2D eigenvalue weighted by molar-refractivity contribution is -0.118. The Hall–Kier alpha value is -2.86. The molecule has 4 amide bonds. The summed E-state index contributed by atoms with van der Waals surface area (Å²) in [5, 5.41) is 8.68. The molecule has 3 heterocycles. The van der Waals surface area contributed by atoms with Crippen LogP contribution in [0.4, 0.5) is 15.3 Å². The molecule has 2 aliphatic heterocycles. The van der Waals surface area contributed by atoms with Crippen LogP contribution in [0.2, 0.25) is 4.34 Å². The SMILES string of the molecule is CN1CCc2ccc(NC(=O)[C@@H](CCNC(=O)N3CCOCC3)NC(=O)Oc3ccc(Cl)s3)cc2CC1. The molecule has 1 saturated heterocycles. The second-order valence-electron chi connectivity index (χ2n) is 9.04. The second kappa shape index (κ2) is 13.1. The van der Waals surface area contributed by atoms with Gasteiger partial charge in [0.05, 0.1) is 17.6 Å². The Labute approximate surface area is 225 Å². The van der Waals surface area contributed by atoms with E-state index < -0.39 is 18.0 Å². The van der Waals surface area contributed by atoms with Crippen LogP contribution in [0.5, 0.6) is 5.06 Å². The van der Waals surface area contributed by atoms with Gasteiger partial charge in [-0.15, -0.1) is 0 Å². The van der Waals surface area contributed by atoms with Crippen molar-refractivity contribution < 1.29 is 23.9 Å². The molecule has 12 heteroatoms. The van der Waals surface area contributed by atoms with Crippen LogP contribution in [0, 0.1) is 0 Å². The van der Waals surface area contributed by atoms with Crippen molar-refractivity contribution in [2.75, 3.05) is 58.3 Å². The Morgan fingerprint density at radius 3 is 2.57 bits per heavy atom. The molecule has 2 aromatic rings. The number of anilines is 1. The third-order valence-electron chi connectivity index (χ3n) is 6.36. The fourth-order valence-corrected chi connectivity index (χ4v) is 5.10. The maximum Gasteiger partial charge on any atom is 0.414 e. The summed E-state index contributed by atoms with van der Waals surface area (Å²) in [6, 6.07) is 7.96. The minimum Gasteiger partial charge on any atom is -0.399 e. The van der Waals surface area contributed by atoms with E-state index in [1.54, 1.807) is 17.0 Å². The molecule has 0 spiro atoms. The molecule has 0 unspecified atom stereocenters. The number of thiophene rings is 1. The molecule has 200 valence electrons. The average Bonchev–Trinajstić information content (AvgIpc) is 3.20. The van der Waals surface area contributed by atoms with Gasteiger partial charge in [0.2, 0.25) is 5.91 Å². The summed E-state index contributed by atoms with van der Waals surface area (Å²) in [5.41, 5.74) is 3.15. The molecular weight excluding hydrogens is 518 g/mol. The summed E-state index contributed by atoms with van der Waals surface area (Å²) in [5.74, 6) is -0.396. The monoisotopic (exact) mass is 549 g/mol. The number of carbonyl (C=O) groups excluding carboxylic acids is 3. The highest BCUT2D eigenvalue weighted by molar-refractivity contribution is 7.17. The van der Waals surface area contributed by atoms with Crippen LogP contribution in [0.3, 0.4) is 0 Å². The van der Waals surface area contributed by atoms with Crippen molar-refractivity contribution in [2.24, 2.45) is 0 Å². The number of urea groups is 1. The molecular formula is C25H32ClN5O5S. The number of ether oxygens (including phenoxy) is 2. The van der Waals surface area contributed by atoms with Crippen LogP contribution in [0.25, 0.3) is 0 Å². The van der Waals surface area contributed by atoms with E-state index in [1.807, 2.05) is 18.2 Å². The Morgan fingerprint density at radius 1 is 1.08 bits per heavy atom. The van der Waals surface area contributed by atoms with Crippen molar-refractivity contribution in [2.45, 2.75) is 25.3 Å². The zero-order valence-corrected chi connectivity index (χ0v) is 22.3. The molecule has 10 nitrogen and oxygen atoms in total. The fourth-order valence-electron chi connectivity index (χ4n) is 4.23. The second-order valence-corrected chi connectivity index (χ2v) is 10.7. The van der Waals surface area contributed by atoms with Gasteiger partial charge in [-0.1, -0.05) is 29.0 Å². The van der Waals surface area contributed by atoms with Gasteiger partial charge in [0.15, 0.2) is 5.06 Å². The van der Waals surface area contributed by atoms with Gasteiger partial charge in [-0.25, -0.2) is 9.59 Å². The van der Waals surface area contributed by atoms with Crippen LogP contribution in [-0.2, 0) is 22.4 Å². The van der Waals surface area contributed by atoms with Gasteiger partial charge in [0.1, 0.15) is 6.04 Å². The number of amides is 4. The highest BCUT2D eigenvalue weighted by Gasteiger charge is 2.24. The summed E-state index contributed by atoms with van der Waals surface area (Å²) < 4.78 is 11.0. The predicted octanol–water partition coefficient (Wildman–Crippen LogP) is 2.96. The number of nitrogens with zero attached hydrogens (tertiary/aromatic N) is 2. The standard InChI is InChI=1S/C25H32ClN5O5S/c1-30-10-7-17-2-3-19(16-18(17)8-11-30)28-23(32)20(29-25(34)36-22-5-4-21(26)37-22)6-9-27-24(33)31-12-14-35-15-13-31/h2-5,16,20H,6-15H2,1H3,(H,27,33)(H,28,32)(H,29,34)/t20-/m1/s1. The Morgan fingerprint density at radius 2 is 1.84 bits per heavy atom. The molecule has 37 heavy (non-hydrogen) atoms. The van der Waals surface area contributed by atoms with E-state index in [0.717, 1.165) is 37.3 Å². The lowest BCUT2D eigenvalue weighted by Crippen LogP contribution is -2.49. The van der Waals surface area contributed by atoms with E-state index in [9.17, 15) is 14.4 Å². The molecule has 4 rings (SSSR count). The number of morpholine rings is 1. The summed E-state index contributed by atoms with van der Waals surface area (Å²) in [4.78, 5) is 42.1. The molecule has 1 fully saturated rings. The molecule has 0 saturated carbocycles. The van der Waals surface area contributed by atoms with E-state index in [0.29, 0.717) is 41.4 Å². The number of hydrogen-bond donors (Lipinski definition) is 3. The predicted molar refractivity (Wildman–Crippen MR) is 143 cm³/mol. The van der Waals surface area contributed by atoms with Gasteiger partial charge in [-0.2, -0.15) is 0 Å². The molecule has 1 atom stereocenters. The van der Waals surface area contributed by atoms with Crippen LogP contribution < -0.4 is 20.7 Å². The first kappa shape index (κ1) is 27.2. The minimum atomic E-state index is -0.933. The lowest BCUT2D eigenvalue weighted by atomic mass is 10.0. The Kier molecular flexibility index (Phi) is 9.62. The summed E-state index contributed by atoms with van der Waals surface area (Å²) in [7, 11) is 2.10. The topological polar surface area (TPSA) is 112 Å². The van der Waals surface area contributed by atoms with Crippen molar-refractivity contribution >= 4 is 46.7 Å². The van der Waals surface area contributed by atoms with Crippen LogP contribution in [0.1, 0.15) is 17.5 Å². The zero-order valence-electron chi connectivity index (χ0n) is 20.8. The number of carbonyl (C=O) groups is 3. The smallest absolute Gasteiger partial charge is 0.399 e. The summed E-state index contributed by atoms with van der Waals surface area (Å²) in [6.07, 6.45) is 1.27. The van der Waals surface area contributed by atoms with E-state index in [1.165, 1.54) is 11.1 Å². The molecule has 3 N–H and O–H groups in total. The third kappa shape index (κ3) is 8.06. The van der Waals surface area contributed by atoms with E-state index in [2.05, 4.69) is 27.9 Å². The summed E-state index contributed by atoms with van der Waals surface area (Å²) >= 11 is 7.02.